The van der Waals surface area contributed by atoms with E-state index in [2.05, 4.69) is 89.3 Å². The Labute approximate surface area is 214 Å². The SMILES string of the molecule is Cc1cc(C)c2c(n1)oc1c(-c3nc4c(C)nccc4n3-c3ccccc3-c3ccccc3)cccc12. The molecule has 0 spiro atoms. The van der Waals surface area contributed by atoms with Crippen LogP contribution in [-0.2, 0) is 0 Å². The number of hydrogen-bond acceptors (Lipinski definition) is 4. The summed E-state index contributed by atoms with van der Waals surface area (Å²) in [6.07, 6.45) is 1.85. The van der Waals surface area contributed by atoms with Crippen molar-refractivity contribution in [2.45, 2.75) is 20.8 Å². The molecule has 0 fully saturated rings. The molecule has 0 amide bonds. The highest BCUT2D eigenvalue weighted by Crippen LogP contribution is 2.40. The Bertz CT molecular complexity index is 1960. The lowest BCUT2D eigenvalue weighted by atomic mass is 10.0. The minimum absolute atomic E-state index is 0.658. The predicted molar refractivity (Wildman–Crippen MR) is 149 cm³/mol. The van der Waals surface area contributed by atoms with Gasteiger partial charge in [-0.25, -0.2) is 9.97 Å². The van der Waals surface area contributed by atoms with Crippen LogP contribution in [0.4, 0.5) is 0 Å². The van der Waals surface area contributed by atoms with Gasteiger partial charge in [-0.2, -0.15) is 0 Å². The van der Waals surface area contributed by atoms with Crippen molar-refractivity contribution in [3.63, 3.8) is 0 Å². The van der Waals surface area contributed by atoms with Crippen molar-refractivity contribution in [1.29, 1.82) is 0 Å². The number of imidazole rings is 1. The third-order valence-corrected chi connectivity index (χ3v) is 7.02. The van der Waals surface area contributed by atoms with Crippen LogP contribution in [0, 0.1) is 20.8 Å². The first kappa shape index (κ1) is 21.5. The summed E-state index contributed by atoms with van der Waals surface area (Å²) in [5.74, 6) is 0.813. The maximum atomic E-state index is 6.45. The average Bonchev–Trinajstić information content (AvgIpc) is 3.48. The van der Waals surface area contributed by atoms with Crippen molar-refractivity contribution in [3.05, 3.63) is 108 Å². The zero-order chi connectivity index (χ0) is 25.1. The lowest BCUT2D eigenvalue weighted by Gasteiger charge is -2.15. The number of hydrogen-bond donors (Lipinski definition) is 0. The molecule has 3 aromatic carbocycles. The Kier molecular flexibility index (Phi) is 4.73. The van der Waals surface area contributed by atoms with E-state index < -0.39 is 0 Å². The highest BCUT2D eigenvalue weighted by atomic mass is 16.3. The molecule has 7 aromatic rings. The van der Waals surface area contributed by atoms with Crippen LogP contribution in [0.3, 0.4) is 0 Å². The number of aryl methyl sites for hydroxylation is 3. The largest absolute Gasteiger partial charge is 0.437 e. The smallest absolute Gasteiger partial charge is 0.227 e. The summed E-state index contributed by atoms with van der Waals surface area (Å²) in [7, 11) is 0. The van der Waals surface area contributed by atoms with E-state index >= 15 is 0 Å². The zero-order valence-electron chi connectivity index (χ0n) is 20.9. The van der Waals surface area contributed by atoms with Gasteiger partial charge in [0.1, 0.15) is 16.9 Å². The number of rotatable bonds is 3. The number of pyridine rings is 2. The Morgan fingerprint density at radius 2 is 1.54 bits per heavy atom. The fourth-order valence-corrected chi connectivity index (χ4v) is 5.41. The maximum absolute atomic E-state index is 6.45. The molecule has 0 bridgehead atoms. The number of aromatic nitrogens is 4. The van der Waals surface area contributed by atoms with E-state index in [4.69, 9.17) is 14.4 Å². The molecule has 5 nitrogen and oxygen atoms in total. The number of furan rings is 1. The number of benzene rings is 3. The van der Waals surface area contributed by atoms with Crippen LogP contribution in [0.25, 0.3) is 61.3 Å². The van der Waals surface area contributed by atoms with Crippen molar-refractivity contribution >= 4 is 33.1 Å². The van der Waals surface area contributed by atoms with Crippen LogP contribution < -0.4 is 0 Å². The lowest BCUT2D eigenvalue weighted by molar-refractivity contribution is 0.653. The first-order chi connectivity index (χ1) is 18.1. The molecular weight excluding hydrogens is 456 g/mol. The number of nitrogens with zero attached hydrogens (tertiary/aromatic N) is 4. The Hall–Kier alpha value is -4.77. The fraction of sp³-hybridized carbons (Fsp3) is 0.0938. The molecule has 7 rings (SSSR count). The summed E-state index contributed by atoms with van der Waals surface area (Å²) < 4.78 is 8.69. The van der Waals surface area contributed by atoms with Crippen molar-refractivity contribution < 1.29 is 4.42 Å². The molecule has 0 N–H and O–H groups in total. The first-order valence-electron chi connectivity index (χ1n) is 12.4. The van der Waals surface area contributed by atoms with Gasteiger partial charge in [0.05, 0.1) is 27.8 Å². The molecule has 0 aliphatic rings. The molecular formula is C32H24N4O. The summed E-state index contributed by atoms with van der Waals surface area (Å²) in [6.45, 7) is 6.11. The molecule has 4 heterocycles. The second-order valence-corrected chi connectivity index (χ2v) is 9.46. The summed E-state index contributed by atoms with van der Waals surface area (Å²) in [5.41, 5.74) is 10.6. The van der Waals surface area contributed by atoms with Crippen molar-refractivity contribution in [2.24, 2.45) is 0 Å². The highest BCUT2D eigenvalue weighted by molar-refractivity contribution is 6.10. The quantitative estimate of drug-likeness (QED) is 0.257. The van der Waals surface area contributed by atoms with Gasteiger partial charge in [0.2, 0.25) is 5.71 Å². The number of fused-ring (bicyclic) bond motifs is 4. The van der Waals surface area contributed by atoms with Crippen LogP contribution >= 0.6 is 0 Å². The minimum Gasteiger partial charge on any atom is -0.437 e. The second kappa shape index (κ2) is 8.14. The van der Waals surface area contributed by atoms with Gasteiger partial charge < -0.3 is 4.42 Å². The summed E-state index contributed by atoms with van der Waals surface area (Å²) in [6, 6.07) is 29.3. The van der Waals surface area contributed by atoms with Crippen LogP contribution in [0.5, 0.6) is 0 Å². The molecule has 0 saturated carbocycles. The van der Waals surface area contributed by atoms with Crippen LogP contribution in [0.1, 0.15) is 17.0 Å². The van der Waals surface area contributed by atoms with Crippen LogP contribution in [0.2, 0.25) is 0 Å². The molecule has 4 aromatic heterocycles. The topological polar surface area (TPSA) is 56.7 Å². The highest BCUT2D eigenvalue weighted by Gasteiger charge is 2.23. The second-order valence-electron chi connectivity index (χ2n) is 9.46. The van der Waals surface area contributed by atoms with Crippen LogP contribution in [-0.4, -0.2) is 19.5 Å². The summed E-state index contributed by atoms with van der Waals surface area (Å²) in [4.78, 5) is 14.4. The van der Waals surface area contributed by atoms with E-state index in [0.29, 0.717) is 5.71 Å². The van der Waals surface area contributed by atoms with Gasteiger partial charge in [0, 0.05) is 22.8 Å². The molecule has 0 unspecified atom stereocenters. The molecule has 178 valence electrons. The zero-order valence-corrected chi connectivity index (χ0v) is 20.9. The van der Waals surface area contributed by atoms with Gasteiger partial charge >= 0.3 is 0 Å². The van der Waals surface area contributed by atoms with Crippen LogP contribution in [0.15, 0.2) is 95.5 Å². The lowest BCUT2D eigenvalue weighted by Crippen LogP contribution is -2.00. The summed E-state index contributed by atoms with van der Waals surface area (Å²) in [5, 5.41) is 2.09. The Morgan fingerprint density at radius 1 is 0.757 bits per heavy atom. The first-order valence-corrected chi connectivity index (χ1v) is 12.4. The van der Waals surface area contributed by atoms with Crippen molar-refractivity contribution in [2.75, 3.05) is 0 Å². The molecule has 0 atom stereocenters. The third kappa shape index (κ3) is 3.28. The Morgan fingerprint density at radius 3 is 2.41 bits per heavy atom. The molecule has 0 saturated heterocycles. The molecule has 0 aliphatic heterocycles. The van der Waals surface area contributed by atoms with E-state index in [0.717, 1.165) is 72.5 Å². The van der Waals surface area contributed by atoms with E-state index in [1.54, 1.807) is 0 Å². The van der Waals surface area contributed by atoms with E-state index in [1.807, 2.05) is 32.2 Å². The van der Waals surface area contributed by atoms with Crippen molar-refractivity contribution in [3.8, 4) is 28.2 Å². The fourth-order valence-electron chi connectivity index (χ4n) is 5.41. The monoisotopic (exact) mass is 480 g/mol. The van der Waals surface area contributed by atoms with Gasteiger partial charge in [-0.15, -0.1) is 0 Å². The molecule has 0 radical (unpaired) electrons. The molecule has 0 aliphatic carbocycles. The maximum Gasteiger partial charge on any atom is 0.227 e. The van der Waals surface area contributed by atoms with E-state index in [1.165, 1.54) is 0 Å². The van der Waals surface area contributed by atoms with E-state index in [9.17, 15) is 0 Å². The molecule has 37 heavy (non-hydrogen) atoms. The van der Waals surface area contributed by atoms with Gasteiger partial charge in [-0.05, 0) is 56.2 Å². The molecule has 5 heteroatoms. The van der Waals surface area contributed by atoms with Gasteiger partial charge in [-0.1, -0.05) is 60.7 Å². The van der Waals surface area contributed by atoms with Gasteiger partial charge in [0.15, 0.2) is 0 Å². The third-order valence-electron chi connectivity index (χ3n) is 7.02. The summed E-state index contributed by atoms with van der Waals surface area (Å²) >= 11 is 0. The van der Waals surface area contributed by atoms with Gasteiger partial charge in [0.25, 0.3) is 0 Å². The average molecular weight is 481 g/mol. The van der Waals surface area contributed by atoms with Crippen molar-refractivity contribution in [1.82, 2.24) is 19.5 Å². The minimum atomic E-state index is 0.658. The predicted octanol–water partition coefficient (Wildman–Crippen LogP) is 7.97. The normalized spacial score (nSPS) is 11.6. The Balaban J connectivity index is 1.60. The standard InChI is InChI=1S/C32H24N4O/c1-19-18-20(2)34-32-28(19)24-13-9-14-25(30(24)37-32)31-35-29-21(3)33-17-16-27(29)36(31)26-15-8-7-12-23(26)22-10-5-4-6-11-22/h4-18H,1-3H3. The number of para-hydroxylation sites is 2. The van der Waals surface area contributed by atoms with Gasteiger partial charge in [-0.3, -0.25) is 9.55 Å². The van der Waals surface area contributed by atoms with E-state index in [-0.39, 0.29) is 0 Å².